The van der Waals surface area contributed by atoms with Crippen molar-refractivity contribution < 1.29 is 4.79 Å². The summed E-state index contributed by atoms with van der Waals surface area (Å²) < 4.78 is 0. The van der Waals surface area contributed by atoms with Crippen LogP contribution in [0.1, 0.15) is 106 Å². The van der Waals surface area contributed by atoms with Crippen molar-refractivity contribution in [2.75, 3.05) is 33.1 Å². The van der Waals surface area contributed by atoms with E-state index in [0.717, 1.165) is 30.5 Å². The molecule has 36 heavy (non-hydrogen) atoms. The molecule has 0 aliphatic heterocycles. The van der Waals surface area contributed by atoms with Gasteiger partial charge in [-0.05, 0) is 75.2 Å². The van der Waals surface area contributed by atoms with Gasteiger partial charge in [0.25, 0.3) is 0 Å². The fraction of sp³-hybridized carbons (Fsp3) is 0.606. The van der Waals surface area contributed by atoms with Gasteiger partial charge in [0.1, 0.15) is 0 Å². The lowest BCUT2D eigenvalue weighted by molar-refractivity contribution is 0.0666. The van der Waals surface area contributed by atoms with Crippen LogP contribution in [-0.2, 0) is 12.8 Å². The average Bonchev–Trinajstić information content (AvgIpc) is 2.88. The second-order valence-electron chi connectivity index (χ2n) is 11.0. The summed E-state index contributed by atoms with van der Waals surface area (Å²) in [7, 11) is 8.12. The lowest BCUT2D eigenvalue weighted by Crippen LogP contribution is -2.52. The normalized spacial score (nSPS) is 13.1. The van der Waals surface area contributed by atoms with Gasteiger partial charge in [0.15, 0.2) is 5.78 Å². The molecule has 0 fully saturated rings. The summed E-state index contributed by atoms with van der Waals surface area (Å²) in [5.74, 6) is 0.203. The molecule has 2 aromatic carbocycles. The Morgan fingerprint density at radius 2 is 1.17 bits per heavy atom. The highest BCUT2D eigenvalue weighted by molar-refractivity contribution is 6.03. The molecule has 2 aromatic rings. The predicted octanol–water partition coefficient (Wildman–Crippen LogP) is 8.35. The first-order valence-electron chi connectivity index (χ1n) is 14.4. The van der Waals surface area contributed by atoms with Gasteiger partial charge in [-0.15, -0.1) is 0 Å². The minimum absolute atomic E-state index is 0.203. The van der Waals surface area contributed by atoms with Crippen LogP contribution in [0.5, 0.6) is 0 Å². The molecule has 0 aliphatic rings. The van der Waals surface area contributed by atoms with Gasteiger partial charge in [-0.2, -0.15) is 0 Å². The lowest BCUT2D eigenvalue weighted by atomic mass is 9.80. The molecular weight excluding hydrogens is 440 g/mol. The summed E-state index contributed by atoms with van der Waals surface area (Å²) in [5, 5.41) is 0. The molecule has 1 atom stereocenters. The molecule has 200 valence electrons. The molecule has 0 radical (unpaired) electrons. The number of likely N-dealkylation sites (N-methyl/N-ethyl adjacent to an activating group) is 1. The molecule has 0 heterocycles. The van der Waals surface area contributed by atoms with Crippen molar-refractivity contribution in [3.63, 3.8) is 0 Å². The molecule has 3 nitrogen and oxygen atoms in total. The molecule has 0 saturated heterocycles. The highest BCUT2D eigenvalue weighted by Crippen LogP contribution is 2.29. The summed E-state index contributed by atoms with van der Waals surface area (Å²) >= 11 is 0. The van der Waals surface area contributed by atoms with Crippen LogP contribution in [0.3, 0.4) is 0 Å². The lowest BCUT2D eigenvalue weighted by Gasteiger charge is -2.38. The van der Waals surface area contributed by atoms with E-state index in [1.807, 2.05) is 52.5 Å². The summed E-state index contributed by atoms with van der Waals surface area (Å²) in [6.45, 7) is 4.41. The summed E-state index contributed by atoms with van der Waals surface area (Å²) in [5.41, 5.74) is 3.99. The van der Waals surface area contributed by atoms with Gasteiger partial charge in [-0.3, -0.25) is 9.69 Å². The summed E-state index contributed by atoms with van der Waals surface area (Å²) in [6, 6.07) is 17.0. The molecule has 1 unspecified atom stereocenters. The van der Waals surface area contributed by atoms with Crippen molar-refractivity contribution in [2.24, 2.45) is 0 Å². The van der Waals surface area contributed by atoms with E-state index in [1.165, 1.54) is 75.3 Å². The van der Waals surface area contributed by atoms with Gasteiger partial charge in [-0.25, -0.2) is 0 Å². The monoisotopic (exact) mass is 492 g/mol. The number of unbranched alkanes of at least 4 members (excludes halogenated alkanes) is 9. The van der Waals surface area contributed by atoms with Gasteiger partial charge < -0.3 is 4.90 Å². The highest BCUT2D eigenvalue weighted by atomic mass is 16.1. The third kappa shape index (κ3) is 9.07. The smallest absolute Gasteiger partial charge is 0.183 e. The minimum Gasteiger partial charge on any atom is -0.378 e. The summed E-state index contributed by atoms with van der Waals surface area (Å²) in [6.07, 6.45) is 16.4. The Morgan fingerprint density at radius 1 is 0.667 bits per heavy atom. The van der Waals surface area contributed by atoms with Crippen molar-refractivity contribution in [2.45, 2.75) is 103 Å². The second kappa shape index (κ2) is 15.9. The summed E-state index contributed by atoms with van der Waals surface area (Å²) in [4.78, 5) is 17.9. The fourth-order valence-corrected chi connectivity index (χ4v) is 5.20. The maximum absolute atomic E-state index is 13.8. The van der Waals surface area contributed by atoms with Crippen molar-refractivity contribution in [1.82, 2.24) is 4.90 Å². The first-order valence-corrected chi connectivity index (χ1v) is 14.4. The fourth-order valence-electron chi connectivity index (χ4n) is 5.20. The van der Waals surface area contributed by atoms with E-state index in [9.17, 15) is 4.79 Å². The van der Waals surface area contributed by atoms with Gasteiger partial charge in [0.2, 0.25) is 0 Å². The van der Waals surface area contributed by atoms with Crippen molar-refractivity contribution in [1.29, 1.82) is 0 Å². The van der Waals surface area contributed by atoms with E-state index in [2.05, 4.69) is 47.9 Å². The first-order chi connectivity index (χ1) is 17.3. The van der Waals surface area contributed by atoms with Gasteiger partial charge >= 0.3 is 0 Å². The van der Waals surface area contributed by atoms with Crippen LogP contribution in [0, 0.1) is 0 Å². The number of benzene rings is 2. The van der Waals surface area contributed by atoms with Gasteiger partial charge in [0, 0.05) is 25.3 Å². The molecule has 0 saturated carbocycles. The largest absolute Gasteiger partial charge is 0.378 e. The number of anilines is 1. The number of aryl methyl sites for hydroxylation is 1. The molecule has 0 amide bonds. The molecule has 0 N–H and O–H groups in total. The Hall–Kier alpha value is -2.13. The Bertz CT molecular complexity index is 870. The Labute approximate surface area is 222 Å². The van der Waals surface area contributed by atoms with Gasteiger partial charge in [0.05, 0.1) is 5.54 Å². The number of hydrogen-bond donors (Lipinski definition) is 0. The Balaban J connectivity index is 1.89. The number of carbonyl (C=O) groups excluding carboxylic acids is 1. The van der Waals surface area contributed by atoms with Crippen LogP contribution in [0.25, 0.3) is 0 Å². The maximum atomic E-state index is 13.8. The van der Waals surface area contributed by atoms with E-state index in [-0.39, 0.29) is 5.78 Å². The standard InChI is InChI=1S/C33H52N2O/c1-7-9-10-11-12-13-14-15-16-17-18-28-19-21-29(22-20-28)27-33(8-2,35(5)6)32(36)30-23-25-31(26-24-30)34(3)4/h19-26H,7-18,27H2,1-6H3. The van der Waals surface area contributed by atoms with E-state index in [4.69, 9.17) is 0 Å². The number of hydrogen-bond acceptors (Lipinski definition) is 3. The van der Waals surface area contributed by atoms with E-state index >= 15 is 0 Å². The zero-order chi connectivity index (χ0) is 26.4. The van der Waals surface area contributed by atoms with E-state index < -0.39 is 5.54 Å². The second-order valence-corrected chi connectivity index (χ2v) is 11.0. The zero-order valence-corrected chi connectivity index (χ0v) is 24.1. The molecule has 0 bridgehead atoms. The maximum Gasteiger partial charge on any atom is 0.183 e. The Morgan fingerprint density at radius 3 is 1.64 bits per heavy atom. The third-order valence-corrected chi connectivity index (χ3v) is 7.85. The van der Waals surface area contributed by atoms with Crippen LogP contribution in [-0.4, -0.2) is 44.4 Å². The molecule has 0 aliphatic carbocycles. The van der Waals surface area contributed by atoms with Crippen LogP contribution in [0.2, 0.25) is 0 Å². The van der Waals surface area contributed by atoms with E-state index in [1.54, 1.807) is 0 Å². The first kappa shape index (κ1) is 30.1. The SMILES string of the molecule is CCCCCCCCCCCCc1ccc(CC(CC)(C(=O)c2ccc(N(C)C)cc2)N(C)C)cc1. The van der Waals surface area contributed by atoms with Crippen molar-refractivity contribution in [3.8, 4) is 0 Å². The van der Waals surface area contributed by atoms with E-state index in [0.29, 0.717) is 0 Å². The topological polar surface area (TPSA) is 23.6 Å². The number of Topliss-reactive ketones (excluding diaryl/α,β-unsaturated/α-hetero) is 1. The Kier molecular flexibility index (Phi) is 13.3. The van der Waals surface area contributed by atoms with Crippen LogP contribution in [0.15, 0.2) is 48.5 Å². The quantitative estimate of drug-likeness (QED) is 0.154. The van der Waals surface area contributed by atoms with Crippen molar-refractivity contribution >= 4 is 11.5 Å². The van der Waals surface area contributed by atoms with Crippen LogP contribution < -0.4 is 4.90 Å². The number of nitrogens with zero attached hydrogens (tertiary/aromatic N) is 2. The molecular formula is C33H52N2O. The predicted molar refractivity (Wildman–Crippen MR) is 158 cm³/mol. The molecule has 3 heteroatoms. The minimum atomic E-state index is -0.544. The average molecular weight is 493 g/mol. The molecule has 2 rings (SSSR count). The molecule has 0 spiro atoms. The molecule has 0 aromatic heterocycles. The third-order valence-electron chi connectivity index (χ3n) is 7.85. The number of ketones is 1. The van der Waals surface area contributed by atoms with Crippen LogP contribution >= 0.6 is 0 Å². The number of rotatable bonds is 18. The van der Waals surface area contributed by atoms with Crippen LogP contribution in [0.4, 0.5) is 5.69 Å². The van der Waals surface area contributed by atoms with Gasteiger partial charge in [-0.1, -0.05) is 95.9 Å². The van der Waals surface area contributed by atoms with Crippen molar-refractivity contribution in [3.05, 3.63) is 65.2 Å². The zero-order valence-electron chi connectivity index (χ0n) is 24.1. The number of carbonyl (C=O) groups is 1. The highest BCUT2D eigenvalue weighted by Gasteiger charge is 2.39.